The third kappa shape index (κ3) is 2.67. The summed E-state index contributed by atoms with van der Waals surface area (Å²) in [5.41, 5.74) is 0. The van der Waals surface area contributed by atoms with Gasteiger partial charge in [-0.15, -0.1) is 0 Å². The van der Waals surface area contributed by atoms with Crippen molar-refractivity contribution >= 4 is 10.0 Å². The van der Waals surface area contributed by atoms with E-state index in [-0.39, 0.29) is 10.6 Å². The van der Waals surface area contributed by atoms with Gasteiger partial charge in [0.2, 0.25) is 10.0 Å². The van der Waals surface area contributed by atoms with Crippen molar-refractivity contribution in [3.63, 3.8) is 0 Å². The van der Waals surface area contributed by atoms with Crippen LogP contribution in [0, 0.1) is 5.92 Å². The largest absolute Gasteiger partial charge is 0.508 e. The van der Waals surface area contributed by atoms with Gasteiger partial charge in [-0.1, -0.05) is 13.3 Å². The van der Waals surface area contributed by atoms with Crippen molar-refractivity contribution in [2.75, 3.05) is 13.1 Å². The number of rotatable bonds is 3. The van der Waals surface area contributed by atoms with Crippen LogP contribution in [0.2, 0.25) is 0 Å². The first-order valence-electron chi connectivity index (χ1n) is 6.33. The third-order valence-electron chi connectivity index (χ3n) is 3.53. The first-order valence-corrected chi connectivity index (χ1v) is 7.77. The summed E-state index contributed by atoms with van der Waals surface area (Å²) in [7, 11) is -3.40. The number of phenolic OH excluding ortho intramolecular Hbond substituents is 1. The van der Waals surface area contributed by atoms with Crippen LogP contribution < -0.4 is 0 Å². The van der Waals surface area contributed by atoms with Gasteiger partial charge in [0.25, 0.3) is 0 Å². The summed E-state index contributed by atoms with van der Waals surface area (Å²) in [6.45, 7) is 3.31. The Morgan fingerprint density at radius 3 is 2.61 bits per heavy atom. The van der Waals surface area contributed by atoms with E-state index in [2.05, 4.69) is 6.92 Å². The average molecular weight is 269 g/mol. The standard InChI is InChI=1S/C13H19NO3S/c1-2-11-4-3-9-14(10-11)18(16,17)13-7-5-12(15)6-8-13/h5-8,11,15H,2-4,9-10H2,1H3. The molecule has 1 heterocycles. The van der Waals surface area contributed by atoms with Crippen LogP contribution in [-0.2, 0) is 10.0 Å². The predicted molar refractivity (Wildman–Crippen MR) is 69.9 cm³/mol. The van der Waals surface area contributed by atoms with Crippen molar-refractivity contribution in [3.05, 3.63) is 24.3 Å². The first kappa shape index (κ1) is 13.4. The second kappa shape index (κ2) is 5.28. The Balaban J connectivity index is 2.22. The summed E-state index contributed by atoms with van der Waals surface area (Å²) in [4.78, 5) is 0.261. The zero-order valence-electron chi connectivity index (χ0n) is 10.5. The van der Waals surface area contributed by atoms with E-state index in [9.17, 15) is 13.5 Å². The van der Waals surface area contributed by atoms with E-state index >= 15 is 0 Å². The molecule has 4 nitrogen and oxygen atoms in total. The lowest BCUT2D eigenvalue weighted by Crippen LogP contribution is -2.39. The highest BCUT2D eigenvalue weighted by Gasteiger charge is 2.29. The highest BCUT2D eigenvalue weighted by molar-refractivity contribution is 7.89. The van der Waals surface area contributed by atoms with Gasteiger partial charge in [0.15, 0.2) is 0 Å². The maximum absolute atomic E-state index is 12.4. The van der Waals surface area contributed by atoms with Crippen LogP contribution in [0.1, 0.15) is 26.2 Å². The smallest absolute Gasteiger partial charge is 0.243 e. The van der Waals surface area contributed by atoms with Crippen molar-refractivity contribution < 1.29 is 13.5 Å². The molecule has 0 amide bonds. The summed E-state index contributed by atoms with van der Waals surface area (Å²) in [6, 6.07) is 5.74. The second-order valence-electron chi connectivity index (χ2n) is 4.77. The van der Waals surface area contributed by atoms with Crippen LogP contribution >= 0.6 is 0 Å². The lowest BCUT2D eigenvalue weighted by molar-refractivity contribution is 0.261. The van der Waals surface area contributed by atoms with Crippen molar-refractivity contribution in [1.29, 1.82) is 0 Å². The number of phenols is 1. The minimum Gasteiger partial charge on any atom is -0.508 e. The van der Waals surface area contributed by atoms with Crippen LogP contribution in [0.3, 0.4) is 0 Å². The van der Waals surface area contributed by atoms with Crippen molar-refractivity contribution in [1.82, 2.24) is 4.31 Å². The van der Waals surface area contributed by atoms with Gasteiger partial charge >= 0.3 is 0 Å². The Labute approximate surface area is 108 Å². The molecule has 1 atom stereocenters. The molecule has 0 bridgehead atoms. The molecular formula is C13H19NO3S. The fourth-order valence-corrected chi connectivity index (χ4v) is 3.90. The Bertz CT molecular complexity index is 495. The summed E-state index contributed by atoms with van der Waals surface area (Å²) in [5, 5.41) is 9.20. The highest BCUT2D eigenvalue weighted by atomic mass is 32.2. The van der Waals surface area contributed by atoms with Crippen molar-refractivity contribution in [3.8, 4) is 5.75 Å². The summed E-state index contributed by atoms with van der Waals surface area (Å²) >= 11 is 0. The maximum Gasteiger partial charge on any atom is 0.243 e. The number of sulfonamides is 1. The van der Waals surface area contributed by atoms with E-state index in [1.165, 1.54) is 24.3 Å². The third-order valence-corrected chi connectivity index (χ3v) is 5.41. The van der Waals surface area contributed by atoms with Crippen LogP contribution in [0.4, 0.5) is 0 Å². The van der Waals surface area contributed by atoms with Crippen LogP contribution in [0.25, 0.3) is 0 Å². The van der Waals surface area contributed by atoms with Crippen molar-refractivity contribution in [2.45, 2.75) is 31.1 Å². The summed E-state index contributed by atoms with van der Waals surface area (Å²) < 4.78 is 26.4. The van der Waals surface area contributed by atoms with Crippen LogP contribution in [-0.4, -0.2) is 30.9 Å². The Morgan fingerprint density at radius 1 is 1.33 bits per heavy atom. The van der Waals surface area contributed by atoms with Gasteiger partial charge in [0.1, 0.15) is 5.75 Å². The average Bonchev–Trinajstić information content (AvgIpc) is 2.39. The molecule has 2 rings (SSSR count). The van der Waals surface area contributed by atoms with E-state index in [4.69, 9.17) is 0 Å². The molecule has 0 saturated carbocycles. The van der Waals surface area contributed by atoms with E-state index in [0.717, 1.165) is 19.3 Å². The van der Waals surface area contributed by atoms with Gasteiger partial charge in [-0.2, -0.15) is 4.31 Å². The topological polar surface area (TPSA) is 57.6 Å². The number of hydrogen-bond donors (Lipinski definition) is 1. The highest BCUT2D eigenvalue weighted by Crippen LogP contribution is 2.25. The van der Waals surface area contributed by atoms with Gasteiger partial charge in [0.05, 0.1) is 4.90 Å². The molecule has 1 unspecified atom stereocenters. The first-order chi connectivity index (χ1) is 8.54. The second-order valence-corrected chi connectivity index (χ2v) is 6.71. The van der Waals surface area contributed by atoms with Gasteiger partial charge in [0, 0.05) is 13.1 Å². The number of nitrogens with zero attached hydrogens (tertiary/aromatic N) is 1. The van der Waals surface area contributed by atoms with Gasteiger partial charge in [-0.05, 0) is 43.0 Å². The molecule has 1 saturated heterocycles. The van der Waals surface area contributed by atoms with Crippen molar-refractivity contribution in [2.24, 2.45) is 5.92 Å². The lowest BCUT2D eigenvalue weighted by Gasteiger charge is -2.31. The fraction of sp³-hybridized carbons (Fsp3) is 0.538. The van der Waals surface area contributed by atoms with Crippen LogP contribution in [0.5, 0.6) is 5.75 Å². The Morgan fingerprint density at radius 2 is 2.00 bits per heavy atom. The molecule has 0 radical (unpaired) electrons. The molecule has 0 spiro atoms. The molecule has 0 aliphatic carbocycles. The molecule has 1 aliphatic rings. The van der Waals surface area contributed by atoms with Gasteiger partial charge < -0.3 is 5.11 Å². The number of piperidine rings is 1. The molecular weight excluding hydrogens is 250 g/mol. The van der Waals surface area contributed by atoms with E-state index in [1.807, 2.05) is 0 Å². The van der Waals surface area contributed by atoms with E-state index in [1.54, 1.807) is 4.31 Å². The minimum absolute atomic E-state index is 0.0824. The van der Waals surface area contributed by atoms with E-state index in [0.29, 0.717) is 19.0 Å². The molecule has 1 aliphatic heterocycles. The SMILES string of the molecule is CCC1CCCN(S(=O)(=O)c2ccc(O)cc2)C1. The van der Waals surface area contributed by atoms with Gasteiger partial charge in [-0.3, -0.25) is 0 Å². The quantitative estimate of drug-likeness (QED) is 0.915. The predicted octanol–water partition coefficient (Wildman–Crippen LogP) is 2.20. The zero-order valence-corrected chi connectivity index (χ0v) is 11.4. The molecule has 0 aromatic heterocycles. The van der Waals surface area contributed by atoms with E-state index < -0.39 is 10.0 Å². The fourth-order valence-electron chi connectivity index (χ4n) is 2.35. The van der Waals surface area contributed by atoms with Gasteiger partial charge in [-0.25, -0.2) is 8.42 Å². The Kier molecular flexibility index (Phi) is 3.92. The molecule has 1 fully saturated rings. The number of aromatic hydroxyl groups is 1. The summed E-state index contributed by atoms with van der Waals surface area (Å²) in [6.07, 6.45) is 3.05. The Hall–Kier alpha value is -1.07. The van der Waals surface area contributed by atoms with Crippen LogP contribution in [0.15, 0.2) is 29.2 Å². The minimum atomic E-state index is -3.40. The number of benzene rings is 1. The molecule has 5 heteroatoms. The molecule has 18 heavy (non-hydrogen) atoms. The lowest BCUT2D eigenvalue weighted by atomic mass is 9.97. The maximum atomic E-state index is 12.4. The molecule has 1 N–H and O–H groups in total. The zero-order chi connectivity index (χ0) is 13.2. The summed E-state index contributed by atoms with van der Waals surface area (Å²) in [5.74, 6) is 0.546. The number of hydrogen-bond acceptors (Lipinski definition) is 3. The normalized spacial score (nSPS) is 21.9. The monoisotopic (exact) mass is 269 g/mol. The molecule has 1 aromatic carbocycles. The molecule has 100 valence electrons. The molecule has 1 aromatic rings.